The molecule has 0 aliphatic carbocycles. The Morgan fingerprint density at radius 2 is 1.33 bits per heavy atom. The summed E-state index contributed by atoms with van der Waals surface area (Å²) in [5.74, 6) is -0.326. The monoisotopic (exact) mass is 463 g/mol. The molecule has 1 N–H and O–H groups in total. The zero-order chi connectivity index (χ0) is 23.4. The van der Waals surface area contributed by atoms with Gasteiger partial charge in [0.15, 0.2) is 0 Å². The van der Waals surface area contributed by atoms with Crippen LogP contribution in [0.2, 0.25) is 0 Å². The van der Waals surface area contributed by atoms with Gasteiger partial charge in [-0.25, -0.2) is 8.42 Å². The molecule has 2 amide bonds. The third-order valence-electron chi connectivity index (χ3n) is 5.58. The highest BCUT2D eigenvalue weighted by Crippen LogP contribution is 2.22. The number of sulfonamides is 1. The zero-order valence-corrected chi connectivity index (χ0v) is 19.1. The lowest BCUT2D eigenvalue weighted by molar-refractivity contribution is -0.114. The van der Waals surface area contributed by atoms with Crippen LogP contribution in [0.5, 0.6) is 0 Å². The van der Waals surface area contributed by atoms with Crippen molar-refractivity contribution in [3.63, 3.8) is 0 Å². The normalized spacial score (nSPS) is 14.6. The van der Waals surface area contributed by atoms with Gasteiger partial charge in [0.25, 0.3) is 5.91 Å². The van der Waals surface area contributed by atoms with Gasteiger partial charge in [0.2, 0.25) is 15.9 Å². The summed E-state index contributed by atoms with van der Waals surface area (Å²) in [6, 6.07) is 23.5. The van der Waals surface area contributed by atoms with Crippen LogP contribution in [0.1, 0.15) is 17.3 Å². The minimum Gasteiger partial charge on any atom is -0.336 e. The molecular formula is C25H25N3O4S. The molecule has 0 saturated carbocycles. The molecule has 33 heavy (non-hydrogen) atoms. The molecule has 1 aliphatic heterocycles. The highest BCUT2D eigenvalue weighted by molar-refractivity contribution is 7.89. The standard InChI is InChI=1S/C25H25N3O4S/c1-19(29)26-23-11-13-24(14-12-23)33(31,32)28-17-15-27(16-18-28)25(30)22-9-7-21(8-10-22)20-5-3-2-4-6-20/h2-14H,15-18H2,1H3,(H,26,29). The van der Waals surface area contributed by atoms with Gasteiger partial charge in [-0.15, -0.1) is 0 Å². The van der Waals surface area contributed by atoms with Crippen LogP contribution in [-0.4, -0.2) is 55.6 Å². The maximum Gasteiger partial charge on any atom is 0.253 e. The first kappa shape index (κ1) is 22.7. The number of benzene rings is 3. The van der Waals surface area contributed by atoms with Crippen molar-refractivity contribution in [3.8, 4) is 11.1 Å². The summed E-state index contributed by atoms with van der Waals surface area (Å²) in [6.07, 6.45) is 0. The summed E-state index contributed by atoms with van der Waals surface area (Å²) in [5, 5.41) is 2.62. The second kappa shape index (κ2) is 9.56. The summed E-state index contributed by atoms with van der Waals surface area (Å²) in [5.41, 5.74) is 3.24. The van der Waals surface area contributed by atoms with E-state index in [9.17, 15) is 18.0 Å². The number of hydrogen-bond acceptors (Lipinski definition) is 4. The Bertz CT molecular complexity index is 1230. The van der Waals surface area contributed by atoms with Gasteiger partial charge in [-0.05, 0) is 47.5 Å². The molecule has 8 heteroatoms. The fourth-order valence-corrected chi connectivity index (χ4v) is 5.23. The maximum absolute atomic E-state index is 13.0. The number of piperazine rings is 1. The summed E-state index contributed by atoms with van der Waals surface area (Å²) >= 11 is 0. The predicted octanol–water partition coefficient (Wildman–Crippen LogP) is 3.46. The van der Waals surface area contributed by atoms with Crippen LogP contribution in [0.3, 0.4) is 0 Å². The molecule has 0 radical (unpaired) electrons. The molecule has 1 fully saturated rings. The Kier molecular flexibility index (Phi) is 6.57. The Morgan fingerprint density at radius 1 is 0.758 bits per heavy atom. The SMILES string of the molecule is CC(=O)Nc1ccc(S(=O)(=O)N2CCN(C(=O)c3ccc(-c4ccccc4)cc3)CC2)cc1. The summed E-state index contributed by atoms with van der Waals surface area (Å²) < 4.78 is 27.3. The van der Waals surface area contributed by atoms with E-state index in [1.807, 2.05) is 54.6 Å². The molecule has 0 unspecified atom stereocenters. The third-order valence-corrected chi connectivity index (χ3v) is 7.49. The maximum atomic E-state index is 13.0. The molecule has 0 aromatic heterocycles. The van der Waals surface area contributed by atoms with Crippen LogP contribution in [0.25, 0.3) is 11.1 Å². The predicted molar refractivity (Wildman–Crippen MR) is 127 cm³/mol. The van der Waals surface area contributed by atoms with E-state index in [-0.39, 0.29) is 29.8 Å². The van der Waals surface area contributed by atoms with E-state index in [1.165, 1.54) is 23.4 Å². The number of nitrogens with one attached hydrogen (secondary N) is 1. The quantitative estimate of drug-likeness (QED) is 0.628. The molecular weight excluding hydrogens is 438 g/mol. The highest BCUT2D eigenvalue weighted by Gasteiger charge is 2.30. The van der Waals surface area contributed by atoms with Crippen molar-refractivity contribution >= 4 is 27.5 Å². The third kappa shape index (κ3) is 5.13. The van der Waals surface area contributed by atoms with Crippen LogP contribution >= 0.6 is 0 Å². The number of carbonyl (C=O) groups excluding carboxylic acids is 2. The Balaban J connectivity index is 1.39. The van der Waals surface area contributed by atoms with Crippen molar-refractivity contribution in [2.45, 2.75) is 11.8 Å². The van der Waals surface area contributed by atoms with Gasteiger partial charge in [0.05, 0.1) is 4.90 Å². The molecule has 170 valence electrons. The van der Waals surface area contributed by atoms with Gasteiger partial charge < -0.3 is 10.2 Å². The van der Waals surface area contributed by atoms with Crippen molar-refractivity contribution in [2.75, 3.05) is 31.5 Å². The largest absolute Gasteiger partial charge is 0.336 e. The molecule has 3 aromatic carbocycles. The summed E-state index contributed by atoms with van der Waals surface area (Å²) in [6.45, 7) is 2.49. The molecule has 7 nitrogen and oxygen atoms in total. The van der Waals surface area contributed by atoms with E-state index in [4.69, 9.17) is 0 Å². The summed E-state index contributed by atoms with van der Waals surface area (Å²) in [7, 11) is -3.67. The smallest absolute Gasteiger partial charge is 0.253 e. The zero-order valence-electron chi connectivity index (χ0n) is 18.3. The number of carbonyl (C=O) groups is 2. The topological polar surface area (TPSA) is 86.8 Å². The van der Waals surface area contributed by atoms with Gasteiger partial charge in [-0.1, -0.05) is 42.5 Å². The number of rotatable bonds is 5. The average Bonchev–Trinajstić information content (AvgIpc) is 2.84. The van der Waals surface area contributed by atoms with Crippen LogP contribution in [0.4, 0.5) is 5.69 Å². The number of amides is 2. The van der Waals surface area contributed by atoms with Gasteiger partial charge in [0.1, 0.15) is 0 Å². The van der Waals surface area contributed by atoms with Gasteiger partial charge in [0, 0.05) is 44.4 Å². The van der Waals surface area contributed by atoms with Crippen molar-refractivity contribution in [2.24, 2.45) is 0 Å². The Hall–Kier alpha value is -3.49. The first-order valence-electron chi connectivity index (χ1n) is 10.7. The first-order valence-corrected chi connectivity index (χ1v) is 12.1. The lowest BCUT2D eigenvalue weighted by atomic mass is 10.0. The number of anilines is 1. The molecule has 0 spiro atoms. The van der Waals surface area contributed by atoms with Crippen LogP contribution in [-0.2, 0) is 14.8 Å². The average molecular weight is 464 g/mol. The summed E-state index contributed by atoms with van der Waals surface area (Å²) in [4.78, 5) is 25.9. The van der Waals surface area contributed by atoms with Crippen LogP contribution in [0.15, 0.2) is 83.8 Å². The molecule has 0 bridgehead atoms. The van der Waals surface area contributed by atoms with Gasteiger partial charge in [-0.3, -0.25) is 9.59 Å². The van der Waals surface area contributed by atoms with Crippen molar-refractivity contribution in [1.82, 2.24) is 9.21 Å². The van der Waals surface area contributed by atoms with E-state index in [0.29, 0.717) is 24.3 Å². The molecule has 3 aromatic rings. The lowest BCUT2D eigenvalue weighted by Crippen LogP contribution is -2.50. The lowest BCUT2D eigenvalue weighted by Gasteiger charge is -2.34. The van der Waals surface area contributed by atoms with Crippen molar-refractivity contribution in [3.05, 3.63) is 84.4 Å². The van der Waals surface area contributed by atoms with Crippen molar-refractivity contribution in [1.29, 1.82) is 0 Å². The van der Waals surface area contributed by atoms with Crippen LogP contribution in [0, 0.1) is 0 Å². The molecule has 1 aliphatic rings. The Labute approximate surface area is 193 Å². The fraction of sp³-hybridized carbons (Fsp3) is 0.200. The van der Waals surface area contributed by atoms with E-state index in [2.05, 4.69) is 5.32 Å². The fourth-order valence-electron chi connectivity index (χ4n) is 3.81. The minimum atomic E-state index is -3.67. The first-order chi connectivity index (χ1) is 15.8. The molecule has 0 atom stereocenters. The minimum absolute atomic E-state index is 0.105. The van der Waals surface area contributed by atoms with E-state index >= 15 is 0 Å². The second-order valence-corrected chi connectivity index (χ2v) is 9.78. The van der Waals surface area contributed by atoms with Gasteiger partial charge in [-0.2, -0.15) is 4.31 Å². The molecule has 1 saturated heterocycles. The van der Waals surface area contributed by atoms with E-state index in [0.717, 1.165) is 11.1 Å². The Morgan fingerprint density at radius 3 is 1.91 bits per heavy atom. The van der Waals surface area contributed by atoms with Gasteiger partial charge >= 0.3 is 0 Å². The number of nitrogens with zero attached hydrogens (tertiary/aromatic N) is 2. The van der Waals surface area contributed by atoms with Crippen molar-refractivity contribution < 1.29 is 18.0 Å². The van der Waals surface area contributed by atoms with Crippen LogP contribution < -0.4 is 5.32 Å². The number of hydrogen-bond donors (Lipinski definition) is 1. The van der Waals surface area contributed by atoms with E-state index in [1.54, 1.807) is 17.0 Å². The molecule has 1 heterocycles. The van der Waals surface area contributed by atoms with E-state index < -0.39 is 10.0 Å². The highest BCUT2D eigenvalue weighted by atomic mass is 32.2. The second-order valence-electron chi connectivity index (χ2n) is 7.85. The molecule has 4 rings (SSSR count).